The third-order valence-corrected chi connectivity index (χ3v) is 4.19. The van der Waals surface area contributed by atoms with Gasteiger partial charge in [-0.3, -0.25) is 4.90 Å². The fraction of sp³-hybridized carbons (Fsp3) is 0.647. The minimum Gasteiger partial charge on any atom is -0.406 e. The van der Waals surface area contributed by atoms with Crippen LogP contribution in [0.2, 0.25) is 0 Å². The van der Waals surface area contributed by atoms with Gasteiger partial charge in [-0.15, -0.1) is 13.2 Å². The molecule has 0 saturated carbocycles. The van der Waals surface area contributed by atoms with E-state index in [9.17, 15) is 13.2 Å². The zero-order chi connectivity index (χ0) is 16.5. The first kappa shape index (κ1) is 17.1. The van der Waals surface area contributed by atoms with Gasteiger partial charge in [-0.05, 0) is 56.7 Å². The molecule has 1 fully saturated rings. The lowest BCUT2D eigenvalue weighted by Gasteiger charge is -2.44. The molecule has 0 aromatic heterocycles. The number of hydrogen-bond donors (Lipinski definition) is 0. The van der Waals surface area contributed by atoms with Gasteiger partial charge < -0.3 is 4.74 Å². The zero-order valence-corrected chi connectivity index (χ0v) is 13.6. The van der Waals surface area contributed by atoms with Crippen molar-refractivity contribution in [3.63, 3.8) is 0 Å². The van der Waals surface area contributed by atoms with Crippen molar-refractivity contribution >= 4 is 0 Å². The van der Waals surface area contributed by atoms with Crippen molar-refractivity contribution in [2.24, 2.45) is 5.92 Å². The zero-order valence-electron chi connectivity index (χ0n) is 13.6. The maximum Gasteiger partial charge on any atom is 0.573 e. The van der Waals surface area contributed by atoms with Gasteiger partial charge in [0.2, 0.25) is 0 Å². The van der Waals surface area contributed by atoms with Crippen molar-refractivity contribution in [2.75, 3.05) is 13.1 Å². The molecule has 1 saturated heterocycles. The average molecular weight is 315 g/mol. The SMILES string of the molecule is CC1CC(c2ccc(OC(F)(F)F)cc2)CN(C(C)(C)C)C1. The highest BCUT2D eigenvalue weighted by atomic mass is 19.4. The van der Waals surface area contributed by atoms with Gasteiger partial charge in [0.25, 0.3) is 0 Å². The maximum atomic E-state index is 12.2. The summed E-state index contributed by atoms with van der Waals surface area (Å²) in [5, 5.41) is 0. The molecule has 1 heterocycles. The van der Waals surface area contributed by atoms with Gasteiger partial charge in [0.1, 0.15) is 5.75 Å². The summed E-state index contributed by atoms with van der Waals surface area (Å²) in [5.41, 5.74) is 1.18. The van der Waals surface area contributed by atoms with Crippen molar-refractivity contribution in [2.45, 2.75) is 51.9 Å². The molecule has 1 aromatic rings. The quantitative estimate of drug-likeness (QED) is 0.776. The molecule has 0 amide bonds. The normalized spacial score (nSPS) is 24.3. The molecule has 0 bridgehead atoms. The van der Waals surface area contributed by atoms with Crippen molar-refractivity contribution < 1.29 is 17.9 Å². The number of piperidine rings is 1. The second kappa shape index (κ2) is 6.11. The van der Waals surface area contributed by atoms with Gasteiger partial charge in [-0.1, -0.05) is 19.1 Å². The van der Waals surface area contributed by atoms with E-state index in [1.54, 1.807) is 12.1 Å². The second-order valence-electron chi connectivity index (χ2n) is 7.23. The first-order valence-corrected chi connectivity index (χ1v) is 7.65. The first-order valence-electron chi connectivity index (χ1n) is 7.65. The van der Waals surface area contributed by atoms with Crippen LogP contribution in [0.1, 0.15) is 45.6 Å². The number of rotatable bonds is 2. The summed E-state index contributed by atoms with van der Waals surface area (Å²) in [5.74, 6) is 0.764. The van der Waals surface area contributed by atoms with Crippen LogP contribution in [0.5, 0.6) is 5.75 Å². The van der Waals surface area contributed by atoms with E-state index < -0.39 is 6.36 Å². The summed E-state index contributed by atoms with van der Waals surface area (Å²) >= 11 is 0. The highest BCUT2D eigenvalue weighted by molar-refractivity contribution is 5.30. The molecular weight excluding hydrogens is 291 g/mol. The van der Waals surface area contributed by atoms with E-state index >= 15 is 0 Å². The Bertz CT molecular complexity index is 490. The van der Waals surface area contributed by atoms with Crippen LogP contribution in [-0.4, -0.2) is 29.9 Å². The molecule has 1 aliphatic heterocycles. The molecule has 1 aliphatic rings. The lowest BCUT2D eigenvalue weighted by molar-refractivity contribution is -0.274. The predicted molar refractivity (Wildman–Crippen MR) is 81.0 cm³/mol. The van der Waals surface area contributed by atoms with E-state index in [2.05, 4.69) is 37.3 Å². The minimum atomic E-state index is -4.64. The summed E-state index contributed by atoms with van der Waals surface area (Å²) in [6.45, 7) is 10.8. The molecule has 2 rings (SSSR count). The topological polar surface area (TPSA) is 12.5 Å². The predicted octanol–water partition coefficient (Wildman–Crippen LogP) is 4.81. The Balaban J connectivity index is 2.10. The summed E-state index contributed by atoms with van der Waals surface area (Å²) in [6, 6.07) is 6.32. The van der Waals surface area contributed by atoms with Crippen molar-refractivity contribution in [3.05, 3.63) is 29.8 Å². The Labute approximate surface area is 130 Å². The number of benzene rings is 1. The van der Waals surface area contributed by atoms with E-state index in [1.165, 1.54) is 12.1 Å². The summed E-state index contributed by atoms with van der Waals surface area (Å²) < 4.78 is 40.5. The number of nitrogens with zero attached hydrogens (tertiary/aromatic N) is 1. The van der Waals surface area contributed by atoms with Crippen LogP contribution in [0.25, 0.3) is 0 Å². The Morgan fingerprint density at radius 3 is 2.14 bits per heavy atom. The molecule has 0 radical (unpaired) electrons. The molecule has 0 aliphatic carbocycles. The van der Waals surface area contributed by atoms with Gasteiger partial charge in [0.15, 0.2) is 0 Å². The molecule has 2 unspecified atom stereocenters. The standard InChI is InChI=1S/C17H24F3NO/c1-12-9-14(11-21(10-12)16(2,3)4)13-5-7-15(8-6-13)22-17(18,19)20/h5-8,12,14H,9-11H2,1-4H3. The molecule has 2 nitrogen and oxygen atoms in total. The van der Waals surface area contributed by atoms with E-state index in [0.29, 0.717) is 11.8 Å². The molecule has 124 valence electrons. The number of likely N-dealkylation sites (tertiary alicyclic amines) is 1. The Hall–Kier alpha value is -1.23. The molecule has 2 atom stereocenters. The lowest BCUT2D eigenvalue weighted by atomic mass is 9.83. The highest BCUT2D eigenvalue weighted by Gasteiger charge is 2.33. The van der Waals surface area contributed by atoms with Crippen LogP contribution in [0.4, 0.5) is 13.2 Å². The van der Waals surface area contributed by atoms with E-state index in [4.69, 9.17) is 0 Å². The molecule has 1 aromatic carbocycles. The van der Waals surface area contributed by atoms with Crippen LogP contribution >= 0.6 is 0 Å². The number of halogens is 3. The third-order valence-electron chi connectivity index (χ3n) is 4.19. The summed E-state index contributed by atoms with van der Waals surface area (Å²) in [4.78, 5) is 2.45. The van der Waals surface area contributed by atoms with Gasteiger partial charge >= 0.3 is 6.36 Å². The molecule has 0 N–H and O–H groups in total. The Kier molecular flexibility index (Phi) is 4.76. The van der Waals surface area contributed by atoms with Gasteiger partial charge in [-0.2, -0.15) is 0 Å². The Morgan fingerprint density at radius 2 is 1.64 bits per heavy atom. The van der Waals surface area contributed by atoms with Crippen molar-refractivity contribution in [1.82, 2.24) is 4.90 Å². The molecule has 5 heteroatoms. The third kappa shape index (κ3) is 4.63. The number of hydrogen-bond acceptors (Lipinski definition) is 2. The lowest BCUT2D eigenvalue weighted by Crippen LogP contribution is -2.49. The fourth-order valence-corrected chi connectivity index (χ4v) is 3.08. The minimum absolute atomic E-state index is 0.103. The van der Waals surface area contributed by atoms with Crippen LogP contribution in [0.3, 0.4) is 0 Å². The first-order chi connectivity index (χ1) is 10.0. The Morgan fingerprint density at radius 1 is 1.05 bits per heavy atom. The number of alkyl halides is 3. The van der Waals surface area contributed by atoms with Crippen molar-refractivity contribution in [1.29, 1.82) is 0 Å². The summed E-state index contributed by atoms with van der Waals surface area (Å²) in [7, 11) is 0. The van der Waals surface area contributed by atoms with Crippen LogP contribution < -0.4 is 4.74 Å². The monoisotopic (exact) mass is 315 g/mol. The average Bonchev–Trinajstić information content (AvgIpc) is 2.36. The van der Waals surface area contributed by atoms with E-state index in [-0.39, 0.29) is 11.3 Å². The van der Waals surface area contributed by atoms with Gasteiger partial charge in [-0.25, -0.2) is 0 Å². The molecule has 22 heavy (non-hydrogen) atoms. The van der Waals surface area contributed by atoms with Gasteiger partial charge in [0.05, 0.1) is 0 Å². The van der Waals surface area contributed by atoms with Crippen LogP contribution in [0, 0.1) is 5.92 Å². The summed E-state index contributed by atoms with van der Waals surface area (Å²) in [6.07, 6.45) is -3.57. The van der Waals surface area contributed by atoms with Crippen LogP contribution in [-0.2, 0) is 0 Å². The maximum absolute atomic E-state index is 12.2. The van der Waals surface area contributed by atoms with E-state index in [0.717, 1.165) is 25.1 Å². The smallest absolute Gasteiger partial charge is 0.406 e. The van der Waals surface area contributed by atoms with Gasteiger partial charge in [0, 0.05) is 18.6 Å². The molecule has 0 spiro atoms. The fourth-order valence-electron chi connectivity index (χ4n) is 3.08. The van der Waals surface area contributed by atoms with Crippen molar-refractivity contribution in [3.8, 4) is 5.75 Å². The second-order valence-corrected chi connectivity index (χ2v) is 7.23. The largest absolute Gasteiger partial charge is 0.573 e. The molecular formula is C17H24F3NO. The van der Waals surface area contributed by atoms with Crippen LogP contribution in [0.15, 0.2) is 24.3 Å². The highest BCUT2D eigenvalue weighted by Crippen LogP contribution is 2.34. The number of ether oxygens (including phenoxy) is 1. The van der Waals surface area contributed by atoms with E-state index in [1.807, 2.05) is 0 Å².